The maximum Gasteiger partial charge on any atom is 0.152 e. The van der Waals surface area contributed by atoms with E-state index >= 15 is 0 Å². The number of benzene rings is 1. The molecule has 1 aromatic rings. The highest BCUT2D eigenvalue weighted by Gasteiger charge is 2.28. The Morgan fingerprint density at radius 3 is 2.35 bits per heavy atom. The van der Waals surface area contributed by atoms with E-state index in [1.54, 1.807) is 0 Å². The van der Waals surface area contributed by atoms with Crippen molar-refractivity contribution in [3.05, 3.63) is 28.0 Å². The highest BCUT2D eigenvalue weighted by molar-refractivity contribution is 7.91. The summed E-state index contributed by atoms with van der Waals surface area (Å²) in [7, 11) is -2.97. The Kier molecular flexibility index (Phi) is 3.52. The lowest BCUT2D eigenvalue weighted by atomic mass is 10.2. The molecule has 1 atom stereocenters. The first kappa shape index (κ1) is 12.9. The van der Waals surface area contributed by atoms with Crippen molar-refractivity contribution in [2.45, 2.75) is 12.5 Å². The van der Waals surface area contributed by atoms with Gasteiger partial charge in [-0.25, -0.2) is 12.8 Å². The minimum Gasteiger partial charge on any atom is -0.379 e. The Bertz CT molecular complexity index is 524. The molecule has 0 aliphatic carbocycles. The van der Waals surface area contributed by atoms with Crippen molar-refractivity contribution in [3.8, 4) is 0 Å². The van der Waals surface area contributed by atoms with Crippen molar-refractivity contribution < 1.29 is 12.8 Å². The standard InChI is InChI=1S/C10H10Cl2FNO2S/c11-8-3-6(13)4-9(12)10(8)14-7-1-2-17(15,16)5-7/h3-4,7,14H,1-2,5H2. The Morgan fingerprint density at radius 1 is 1.29 bits per heavy atom. The summed E-state index contributed by atoms with van der Waals surface area (Å²) in [6.45, 7) is 0. The van der Waals surface area contributed by atoms with Crippen LogP contribution in [-0.4, -0.2) is 26.0 Å². The number of sulfone groups is 1. The van der Waals surface area contributed by atoms with Gasteiger partial charge in [-0.3, -0.25) is 0 Å². The summed E-state index contributed by atoms with van der Waals surface area (Å²) in [5.74, 6) is -0.317. The van der Waals surface area contributed by atoms with Crippen LogP contribution in [0.15, 0.2) is 12.1 Å². The van der Waals surface area contributed by atoms with Crippen LogP contribution in [0.5, 0.6) is 0 Å². The monoisotopic (exact) mass is 297 g/mol. The van der Waals surface area contributed by atoms with Crippen LogP contribution in [0.2, 0.25) is 10.0 Å². The first-order valence-electron chi connectivity index (χ1n) is 4.99. The van der Waals surface area contributed by atoms with Crippen molar-refractivity contribution in [1.29, 1.82) is 0 Å². The maximum atomic E-state index is 13.0. The van der Waals surface area contributed by atoms with E-state index in [1.807, 2.05) is 0 Å². The Morgan fingerprint density at radius 2 is 1.88 bits per heavy atom. The zero-order chi connectivity index (χ0) is 12.6. The van der Waals surface area contributed by atoms with Gasteiger partial charge in [-0.2, -0.15) is 0 Å². The largest absolute Gasteiger partial charge is 0.379 e. The van der Waals surface area contributed by atoms with Gasteiger partial charge in [0, 0.05) is 6.04 Å². The molecule has 1 aliphatic rings. The lowest BCUT2D eigenvalue weighted by Gasteiger charge is -2.15. The predicted molar refractivity (Wildman–Crippen MR) is 67.1 cm³/mol. The first-order chi connectivity index (χ1) is 7.87. The van der Waals surface area contributed by atoms with E-state index in [0.717, 1.165) is 12.1 Å². The van der Waals surface area contributed by atoms with Gasteiger partial charge in [0.25, 0.3) is 0 Å². The minimum atomic E-state index is -2.97. The molecule has 1 unspecified atom stereocenters. The van der Waals surface area contributed by atoms with E-state index in [9.17, 15) is 12.8 Å². The van der Waals surface area contributed by atoms with Crippen molar-refractivity contribution in [2.75, 3.05) is 16.8 Å². The van der Waals surface area contributed by atoms with Crippen LogP contribution < -0.4 is 5.32 Å². The molecule has 94 valence electrons. The Balaban J connectivity index is 2.20. The van der Waals surface area contributed by atoms with Crippen molar-refractivity contribution in [3.63, 3.8) is 0 Å². The molecule has 0 radical (unpaired) electrons. The third-order valence-corrected chi connectivity index (χ3v) is 4.95. The van der Waals surface area contributed by atoms with Crippen LogP contribution in [0, 0.1) is 5.82 Å². The van der Waals surface area contributed by atoms with Gasteiger partial charge in [-0.1, -0.05) is 23.2 Å². The fourth-order valence-corrected chi connectivity index (χ4v) is 4.04. The smallest absolute Gasteiger partial charge is 0.152 e. The molecule has 0 saturated carbocycles. The van der Waals surface area contributed by atoms with E-state index in [0.29, 0.717) is 12.1 Å². The zero-order valence-electron chi connectivity index (χ0n) is 8.71. The molecule has 1 N–H and O–H groups in total. The van der Waals surface area contributed by atoms with E-state index in [-0.39, 0.29) is 27.6 Å². The molecule has 2 rings (SSSR count). The van der Waals surface area contributed by atoms with Crippen LogP contribution in [0.3, 0.4) is 0 Å². The second kappa shape index (κ2) is 4.63. The van der Waals surface area contributed by atoms with Gasteiger partial charge in [0.15, 0.2) is 9.84 Å². The summed E-state index contributed by atoms with van der Waals surface area (Å²) in [6.07, 6.45) is 0.506. The molecule has 0 bridgehead atoms. The fourth-order valence-electron chi connectivity index (χ4n) is 1.79. The molecule has 17 heavy (non-hydrogen) atoms. The average Bonchev–Trinajstić information content (AvgIpc) is 2.52. The molecule has 0 amide bonds. The van der Waals surface area contributed by atoms with Crippen molar-refractivity contribution >= 4 is 38.7 Å². The van der Waals surface area contributed by atoms with Gasteiger partial charge in [0.05, 0.1) is 27.2 Å². The second-order valence-electron chi connectivity index (χ2n) is 3.99. The lowest BCUT2D eigenvalue weighted by Crippen LogP contribution is -2.21. The third-order valence-electron chi connectivity index (χ3n) is 2.59. The molecular weight excluding hydrogens is 288 g/mol. The predicted octanol–water partition coefficient (Wildman–Crippen LogP) is 2.73. The molecule has 1 fully saturated rings. The van der Waals surface area contributed by atoms with Gasteiger partial charge in [0.2, 0.25) is 0 Å². The van der Waals surface area contributed by atoms with Crippen molar-refractivity contribution in [1.82, 2.24) is 0 Å². The highest BCUT2D eigenvalue weighted by Crippen LogP contribution is 2.33. The van der Waals surface area contributed by atoms with Crippen LogP contribution in [0.1, 0.15) is 6.42 Å². The number of hydrogen-bond acceptors (Lipinski definition) is 3. The van der Waals surface area contributed by atoms with Crippen molar-refractivity contribution in [2.24, 2.45) is 0 Å². The van der Waals surface area contributed by atoms with Gasteiger partial charge < -0.3 is 5.32 Å². The molecule has 1 saturated heterocycles. The highest BCUT2D eigenvalue weighted by atomic mass is 35.5. The molecule has 1 heterocycles. The van der Waals surface area contributed by atoms with Crippen LogP contribution in [0.25, 0.3) is 0 Å². The van der Waals surface area contributed by atoms with Gasteiger partial charge in [-0.05, 0) is 18.6 Å². The summed E-state index contributed by atoms with van der Waals surface area (Å²) >= 11 is 11.7. The average molecular weight is 298 g/mol. The molecular formula is C10H10Cl2FNO2S. The number of hydrogen-bond donors (Lipinski definition) is 1. The molecule has 7 heteroatoms. The normalized spacial score (nSPS) is 22.6. The van der Waals surface area contributed by atoms with E-state index in [1.165, 1.54) is 0 Å². The van der Waals surface area contributed by atoms with Crippen LogP contribution in [0.4, 0.5) is 10.1 Å². The summed E-state index contributed by atoms with van der Waals surface area (Å²) in [5.41, 5.74) is 0.386. The number of rotatable bonds is 2. The van der Waals surface area contributed by atoms with E-state index in [4.69, 9.17) is 23.2 Å². The quantitative estimate of drug-likeness (QED) is 0.913. The zero-order valence-corrected chi connectivity index (χ0v) is 11.0. The minimum absolute atomic E-state index is 0.0526. The Labute approximate surface area is 109 Å². The molecule has 3 nitrogen and oxygen atoms in total. The second-order valence-corrected chi connectivity index (χ2v) is 7.03. The molecule has 0 spiro atoms. The summed E-state index contributed by atoms with van der Waals surface area (Å²) in [5, 5.41) is 3.25. The number of anilines is 1. The summed E-state index contributed by atoms with van der Waals surface area (Å²) in [4.78, 5) is 0. The SMILES string of the molecule is O=S1(=O)CCC(Nc2c(Cl)cc(F)cc2Cl)C1. The maximum absolute atomic E-state index is 13.0. The van der Waals surface area contributed by atoms with Crippen LogP contribution >= 0.6 is 23.2 Å². The van der Waals surface area contributed by atoms with E-state index in [2.05, 4.69) is 5.32 Å². The van der Waals surface area contributed by atoms with Gasteiger partial charge >= 0.3 is 0 Å². The van der Waals surface area contributed by atoms with E-state index < -0.39 is 15.7 Å². The topological polar surface area (TPSA) is 46.2 Å². The summed E-state index contributed by atoms with van der Waals surface area (Å²) in [6, 6.07) is 2.05. The van der Waals surface area contributed by atoms with Gasteiger partial charge in [-0.15, -0.1) is 0 Å². The van der Waals surface area contributed by atoms with Crippen LogP contribution in [-0.2, 0) is 9.84 Å². The fraction of sp³-hybridized carbons (Fsp3) is 0.400. The van der Waals surface area contributed by atoms with Gasteiger partial charge in [0.1, 0.15) is 5.82 Å². The third kappa shape index (κ3) is 3.03. The Hall–Kier alpha value is -0.520. The molecule has 0 aromatic heterocycles. The first-order valence-corrected chi connectivity index (χ1v) is 7.56. The lowest BCUT2D eigenvalue weighted by molar-refractivity contribution is 0.602. The molecule has 1 aliphatic heterocycles. The summed E-state index contributed by atoms with van der Waals surface area (Å²) < 4.78 is 35.5. The number of nitrogens with one attached hydrogen (secondary N) is 1. The number of halogens is 3. The molecule has 1 aromatic carbocycles.